The molecule has 0 aromatic rings. The summed E-state index contributed by atoms with van der Waals surface area (Å²) < 4.78 is 5.78. The zero-order valence-corrected chi connectivity index (χ0v) is 11.5. The number of hydrogen-bond acceptors (Lipinski definition) is 3. The molecule has 1 aliphatic heterocycles. The van der Waals surface area contributed by atoms with Crippen LogP contribution < -0.4 is 10.6 Å². The van der Waals surface area contributed by atoms with Crippen molar-refractivity contribution in [3.8, 4) is 0 Å². The van der Waals surface area contributed by atoms with Crippen molar-refractivity contribution in [1.82, 2.24) is 10.6 Å². The van der Waals surface area contributed by atoms with Crippen molar-refractivity contribution in [2.24, 2.45) is 0 Å². The Hall–Kier alpha value is -0.610. The first-order chi connectivity index (χ1) is 7.95. The number of ether oxygens (including phenoxy) is 1. The van der Waals surface area contributed by atoms with Gasteiger partial charge in [-0.25, -0.2) is 0 Å². The highest BCUT2D eigenvalue weighted by atomic mass is 16.5. The molecule has 1 heterocycles. The largest absolute Gasteiger partial charge is 0.375 e. The van der Waals surface area contributed by atoms with Gasteiger partial charge in [-0.05, 0) is 40.0 Å². The average molecular weight is 242 g/mol. The average Bonchev–Trinajstić information content (AvgIpc) is 2.26. The zero-order chi connectivity index (χ0) is 12.9. The lowest BCUT2D eigenvalue weighted by atomic mass is 9.90. The van der Waals surface area contributed by atoms with Crippen molar-refractivity contribution in [1.29, 1.82) is 0 Å². The molecule has 1 rings (SSSR count). The van der Waals surface area contributed by atoms with Gasteiger partial charge in [-0.2, -0.15) is 0 Å². The molecule has 1 amide bonds. The Morgan fingerprint density at radius 2 is 2.24 bits per heavy atom. The van der Waals surface area contributed by atoms with Crippen LogP contribution in [0.15, 0.2) is 0 Å². The van der Waals surface area contributed by atoms with Crippen LogP contribution in [0.25, 0.3) is 0 Å². The molecule has 17 heavy (non-hydrogen) atoms. The van der Waals surface area contributed by atoms with Gasteiger partial charge in [0.25, 0.3) is 0 Å². The van der Waals surface area contributed by atoms with Gasteiger partial charge in [0.1, 0.15) is 0 Å². The Morgan fingerprint density at radius 3 is 2.82 bits per heavy atom. The molecule has 0 aromatic carbocycles. The van der Waals surface area contributed by atoms with E-state index in [-0.39, 0.29) is 17.6 Å². The maximum Gasteiger partial charge on any atom is 0.234 e. The van der Waals surface area contributed by atoms with E-state index in [0.29, 0.717) is 12.6 Å². The number of carbonyl (C=O) groups is 1. The Morgan fingerprint density at radius 1 is 1.53 bits per heavy atom. The van der Waals surface area contributed by atoms with Crippen molar-refractivity contribution in [2.75, 3.05) is 13.2 Å². The molecule has 4 heteroatoms. The molecule has 2 atom stereocenters. The van der Waals surface area contributed by atoms with Gasteiger partial charge >= 0.3 is 0 Å². The van der Waals surface area contributed by atoms with E-state index in [1.165, 1.54) is 0 Å². The first kappa shape index (κ1) is 14.5. The Bertz CT molecular complexity index is 256. The van der Waals surface area contributed by atoms with Crippen molar-refractivity contribution >= 4 is 5.91 Å². The van der Waals surface area contributed by atoms with Crippen LogP contribution in [-0.4, -0.2) is 36.7 Å². The summed E-state index contributed by atoms with van der Waals surface area (Å²) in [6.45, 7) is 9.43. The van der Waals surface area contributed by atoms with Crippen LogP contribution in [0.3, 0.4) is 0 Å². The van der Waals surface area contributed by atoms with Crippen LogP contribution in [-0.2, 0) is 9.53 Å². The van der Waals surface area contributed by atoms with E-state index >= 15 is 0 Å². The smallest absolute Gasteiger partial charge is 0.234 e. The predicted octanol–water partition coefficient (Wildman–Crippen LogP) is 1.45. The summed E-state index contributed by atoms with van der Waals surface area (Å²) in [5.74, 6) is 0.0738. The Balaban J connectivity index is 2.30. The topological polar surface area (TPSA) is 50.4 Å². The highest BCUT2D eigenvalue weighted by Gasteiger charge is 2.31. The fraction of sp³-hybridized carbons (Fsp3) is 0.923. The van der Waals surface area contributed by atoms with Crippen LogP contribution >= 0.6 is 0 Å². The third kappa shape index (κ3) is 5.04. The highest BCUT2D eigenvalue weighted by Crippen LogP contribution is 2.27. The first-order valence-electron chi connectivity index (χ1n) is 6.62. The van der Waals surface area contributed by atoms with E-state index in [2.05, 4.69) is 24.5 Å². The van der Waals surface area contributed by atoms with Crippen molar-refractivity contribution < 1.29 is 9.53 Å². The normalized spacial score (nSPS) is 29.4. The maximum absolute atomic E-state index is 11.5. The zero-order valence-electron chi connectivity index (χ0n) is 11.5. The number of nitrogens with one attached hydrogen (secondary N) is 2. The van der Waals surface area contributed by atoms with E-state index in [1.807, 2.05) is 13.8 Å². The van der Waals surface area contributed by atoms with Gasteiger partial charge < -0.3 is 15.4 Å². The lowest BCUT2D eigenvalue weighted by molar-refractivity contribution is -0.121. The van der Waals surface area contributed by atoms with E-state index in [1.54, 1.807) is 0 Å². The molecule has 2 unspecified atom stereocenters. The minimum absolute atomic E-state index is 0.0234. The van der Waals surface area contributed by atoms with Gasteiger partial charge in [0.2, 0.25) is 5.91 Å². The molecule has 4 nitrogen and oxygen atoms in total. The van der Waals surface area contributed by atoms with Gasteiger partial charge in [-0.3, -0.25) is 4.79 Å². The van der Waals surface area contributed by atoms with Crippen molar-refractivity contribution in [3.05, 3.63) is 0 Å². The van der Waals surface area contributed by atoms with E-state index in [9.17, 15) is 4.79 Å². The number of rotatable bonds is 5. The molecule has 0 saturated carbocycles. The lowest BCUT2D eigenvalue weighted by Gasteiger charge is -2.38. The second kappa shape index (κ2) is 6.36. The van der Waals surface area contributed by atoms with Crippen molar-refractivity contribution in [3.63, 3.8) is 0 Å². The molecule has 100 valence electrons. The Labute approximate surface area is 104 Å². The third-order valence-corrected chi connectivity index (χ3v) is 3.34. The molecule has 0 spiro atoms. The third-order valence-electron chi connectivity index (χ3n) is 3.34. The molecule has 0 radical (unpaired) electrons. The summed E-state index contributed by atoms with van der Waals surface area (Å²) in [5, 5.41) is 6.21. The van der Waals surface area contributed by atoms with Gasteiger partial charge in [-0.1, -0.05) is 6.92 Å². The summed E-state index contributed by atoms with van der Waals surface area (Å²) in [4.78, 5) is 11.5. The monoisotopic (exact) mass is 242 g/mol. The van der Waals surface area contributed by atoms with Gasteiger partial charge in [0.05, 0.1) is 12.1 Å². The fourth-order valence-corrected chi connectivity index (χ4v) is 2.16. The molecule has 0 bridgehead atoms. The summed E-state index contributed by atoms with van der Waals surface area (Å²) in [6, 6.07) is 0.603. The minimum Gasteiger partial charge on any atom is -0.375 e. The quantitative estimate of drug-likeness (QED) is 0.767. The molecule has 2 N–H and O–H groups in total. The van der Waals surface area contributed by atoms with Gasteiger partial charge in [-0.15, -0.1) is 0 Å². The van der Waals surface area contributed by atoms with Crippen LogP contribution in [0.5, 0.6) is 0 Å². The molecule has 1 fully saturated rings. The Kier molecular flexibility index (Phi) is 5.40. The fourth-order valence-electron chi connectivity index (χ4n) is 2.16. The maximum atomic E-state index is 11.5. The second-order valence-electron chi connectivity index (χ2n) is 5.44. The van der Waals surface area contributed by atoms with Crippen LogP contribution in [0, 0.1) is 0 Å². The summed E-state index contributed by atoms with van der Waals surface area (Å²) >= 11 is 0. The highest BCUT2D eigenvalue weighted by molar-refractivity contribution is 5.78. The number of hydrogen-bond donors (Lipinski definition) is 2. The predicted molar refractivity (Wildman–Crippen MR) is 69.0 cm³/mol. The minimum atomic E-state index is -0.0234. The molecule has 0 aliphatic carbocycles. The van der Waals surface area contributed by atoms with E-state index in [0.717, 1.165) is 25.9 Å². The second-order valence-corrected chi connectivity index (χ2v) is 5.44. The number of carbonyl (C=O) groups excluding carboxylic acids is 1. The molecular weight excluding hydrogens is 216 g/mol. The van der Waals surface area contributed by atoms with E-state index < -0.39 is 0 Å². The van der Waals surface area contributed by atoms with E-state index in [4.69, 9.17) is 4.74 Å². The summed E-state index contributed by atoms with van der Waals surface area (Å²) in [7, 11) is 0. The molecule has 0 aromatic heterocycles. The molecule has 1 aliphatic rings. The summed E-state index contributed by atoms with van der Waals surface area (Å²) in [6.07, 6.45) is 2.99. The van der Waals surface area contributed by atoms with Crippen LogP contribution in [0.1, 0.15) is 47.0 Å². The SMILES string of the molecule is CCC1(C)CC(NCC(=O)NC(C)C)CCO1. The van der Waals surface area contributed by atoms with Crippen LogP contribution in [0.4, 0.5) is 0 Å². The summed E-state index contributed by atoms with van der Waals surface area (Å²) in [5.41, 5.74) is -0.0234. The van der Waals surface area contributed by atoms with Crippen LogP contribution in [0.2, 0.25) is 0 Å². The molecular formula is C13H26N2O2. The van der Waals surface area contributed by atoms with Crippen molar-refractivity contribution in [2.45, 2.75) is 64.6 Å². The van der Waals surface area contributed by atoms with Gasteiger partial charge in [0, 0.05) is 18.7 Å². The lowest BCUT2D eigenvalue weighted by Crippen LogP contribution is -2.48. The first-order valence-corrected chi connectivity index (χ1v) is 6.62. The standard InChI is InChI=1S/C13H26N2O2/c1-5-13(4)8-11(6-7-17-13)14-9-12(16)15-10(2)3/h10-11,14H,5-9H2,1-4H3,(H,15,16). The number of amides is 1. The molecule has 1 saturated heterocycles. The van der Waals surface area contributed by atoms with Gasteiger partial charge in [0.15, 0.2) is 0 Å².